The minimum Gasteiger partial charge on any atom is -0.398 e. The Balaban J connectivity index is 2.42. The molecule has 0 radical (unpaired) electrons. The SMILES string of the molecule is CC1CC(C)CN(S(=O)(=O)c2cc(N)c(Br)cc2F)C1. The molecule has 2 unspecified atom stereocenters. The van der Waals surface area contributed by atoms with Gasteiger partial charge in [-0.15, -0.1) is 0 Å². The van der Waals surface area contributed by atoms with E-state index in [1.54, 1.807) is 0 Å². The molecule has 1 aromatic rings. The van der Waals surface area contributed by atoms with Crippen molar-refractivity contribution in [2.75, 3.05) is 18.8 Å². The molecule has 2 atom stereocenters. The Morgan fingerprint density at radius 2 is 1.85 bits per heavy atom. The summed E-state index contributed by atoms with van der Waals surface area (Å²) >= 11 is 3.09. The second-order valence-corrected chi connectivity index (χ2v) is 8.33. The van der Waals surface area contributed by atoms with Gasteiger partial charge in [-0.3, -0.25) is 0 Å². The molecule has 1 aromatic carbocycles. The first-order chi connectivity index (χ1) is 9.21. The van der Waals surface area contributed by atoms with Gasteiger partial charge >= 0.3 is 0 Å². The number of rotatable bonds is 2. The molecule has 0 bridgehead atoms. The van der Waals surface area contributed by atoms with E-state index in [0.29, 0.717) is 17.6 Å². The molecule has 1 saturated heterocycles. The highest BCUT2D eigenvalue weighted by atomic mass is 79.9. The van der Waals surface area contributed by atoms with Crippen molar-refractivity contribution in [2.45, 2.75) is 25.2 Å². The Hall–Kier alpha value is -0.660. The smallest absolute Gasteiger partial charge is 0.246 e. The van der Waals surface area contributed by atoms with E-state index >= 15 is 0 Å². The number of sulfonamides is 1. The van der Waals surface area contributed by atoms with Crippen molar-refractivity contribution in [2.24, 2.45) is 11.8 Å². The maximum atomic E-state index is 14.0. The van der Waals surface area contributed by atoms with Gasteiger partial charge in [-0.25, -0.2) is 12.8 Å². The van der Waals surface area contributed by atoms with Crippen LogP contribution in [0.1, 0.15) is 20.3 Å². The highest BCUT2D eigenvalue weighted by Gasteiger charge is 2.33. The van der Waals surface area contributed by atoms with Crippen molar-refractivity contribution in [1.82, 2.24) is 4.31 Å². The van der Waals surface area contributed by atoms with Crippen LogP contribution in [0.5, 0.6) is 0 Å². The van der Waals surface area contributed by atoms with Crippen LogP contribution in [0, 0.1) is 17.7 Å². The molecule has 2 N–H and O–H groups in total. The molecule has 1 heterocycles. The van der Waals surface area contributed by atoms with Crippen molar-refractivity contribution in [3.63, 3.8) is 0 Å². The minimum atomic E-state index is -3.84. The summed E-state index contributed by atoms with van der Waals surface area (Å²) in [4.78, 5) is -0.348. The first-order valence-corrected chi connectivity index (χ1v) is 8.69. The van der Waals surface area contributed by atoms with Gasteiger partial charge in [-0.05, 0) is 46.3 Å². The quantitative estimate of drug-likeness (QED) is 0.820. The van der Waals surface area contributed by atoms with Gasteiger partial charge in [-0.1, -0.05) is 13.8 Å². The highest BCUT2D eigenvalue weighted by molar-refractivity contribution is 9.10. The van der Waals surface area contributed by atoms with E-state index in [2.05, 4.69) is 15.9 Å². The lowest BCUT2D eigenvalue weighted by Gasteiger charge is -2.34. The standard InChI is InChI=1S/C13H18BrFN2O2S/c1-8-3-9(2)7-17(6-8)20(18,19)13-5-12(16)10(14)4-11(13)15/h4-5,8-9H,3,6-7,16H2,1-2H3. The van der Waals surface area contributed by atoms with Crippen molar-refractivity contribution >= 4 is 31.6 Å². The second-order valence-electron chi connectivity index (χ2n) is 5.57. The third kappa shape index (κ3) is 2.99. The monoisotopic (exact) mass is 364 g/mol. The van der Waals surface area contributed by atoms with Gasteiger partial charge in [0.15, 0.2) is 0 Å². The van der Waals surface area contributed by atoms with Gasteiger partial charge in [0, 0.05) is 23.2 Å². The molecule has 1 fully saturated rings. The molecule has 2 rings (SSSR count). The zero-order chi connectivity index (χ0) is 15.1. The largest absolute Gasteiger partial charge is 0.398 e. The van der Waals surface area contributed by atoms with Gasteiger partial charge < -0.3 is 5.73 Å². The summed E-state index contributed by atoms with van der Waals surface area (Å²) in [6.45, 7) is 4.85. The van der Waals surface area contributed by atoms with E-state index in [1.165, 1.54) is 10.4 Å². The van der Waals surface area contributed by atoms with E-state index in [0.717, 1.165) is 12.5 Å². The Morgan fingerprint density at radius 3 is 2.40 bits per heavy atom. The van der Waals surface area contributed by atoms with Crippen LogP contribution in [-0.2, 0) is 10.0 Å². The first kappa shape index (κ1) is 15.7. The van der Waals surface area contributed by atoms with Crippen molar-refractivity contribution in [3.8, 4) is 0 Å². The minimum absolute atomic E-state index is 0.211. The number of piperidine rings is 1. The number of hydrogen-bond acceptors (Lipinski definition) is 3. The summed E-state index contributed by atoms with van der Waals surface area (Å²) in [5.41, 5.74) is 5.89. The molecule has 7 heteroatoms. The van der Waals surface area contributed by atoms with Crippen LogP contribution in [0.15, 0.2) is 21.5 Å². The summed E-state index contributed by atoms with van der Waals surface area (Å²) in [5.74, 6) is -0.245. The molecule has 20 heavy (non-hydrogen) atoms. The lowest BCUT2D eigenvalue weighted by atomic mass is 9.94. The Labute approximate surface area is 127 Å². The van der Waals surface area contributed by atoms with Gasteiger partial charge in [0.2, 0.25) is 10.0 Å². The van der Waals surface area contributed by atoms with Crippen LogP contribution >= 0.6 is 15.9 Å². The van der Waals surface area contributed by atoms with Crippen molar-refractivity contribution in [1.29, 1.82) is 0 Å². The summed E-state index contributed by atoms with van der Waals surface area (Å²) in [7, 11) is -3.84. The molecule has 112 valence electrons. The maximum Gasteiger partial charge on any atom is 0.246 e. The van der Waals surface area contributed by atoms with Crippen molar-refractivity contribution < 1.29 is 12.8 Å². The van der Waals surface area contributed by atoms with Crippen LogP contribution in [0.25, 0.3) is 0 Å². The molecule has 1 aliphatic heterocycles. The zero-order valence-electron chi connectivity index (χ0n) is 11.4. The van der Waals surface area contributed by atoms with Gasteiger partial charge in [0.25, 0.3) is 0 Å². The van der Waals surface area contributed by atoms with Crippen LogP contribution in [0.2, 0.25) is 0 Å². The van der Waals surface area contributed by atoms with Crippen LogP contribution < -0.4 is 5.73 Å². The summed E-state index contributed by atoms with van der Waals surface area (Å²) in [5, 5.41) is 0. The molecule has 0 spiro atoms. The Morgan fingerprint density at radius 1 is 1.30 bits per heavy atom. The van der Waals surface area contributed by atoms with E-state index in [9.17, 15) is 12.8 Å². The van der Waals surface area contributed by atoms with E-state index < -0.39 is 15.8 Å². The fraction of sp³-hybridized carbons (Fsp3) is 0.538. The topological polar surface area (TPSA) is 63.4 Å². The normalized spacial score (nSPS) is 24.8. The fourth-order valence-electron chi connectivity index (χ4n) is 2.68. The predicted octanol–water partition coefficient (Wildman–Crippen LogP) is 2.84. The summed E-state index contributed by atoms with van der Waals surface area (Å²) < 4.78 is 40.9. The lowest BCUT2D eigenvalue weighted by molar-refractivity contribution is 0.222. The number of halogens is 2. The molecule has 0 aliphatic carbocycles. The number of hydrogen-bond donors (Lipinski definition) is 1. The van der Waals surface area contributed by atoms with Crippen LogP contribution in [0.4, 0.5) is 10.1 Å². The van der Waals surface area contributed by atoms with E-state index in [4.69, 9.17) is 5.73 Å². The molecule has 1 aliphatic rings. The van der Waals surface area contributed by atoms with Gasteiger partial charge in [-0.2, -0.15) is 4.31 Å². The lowest BCUT2D eigenvalue weighted by Crippen LogP contribution is -2.42. The summed E-state index contributed by atoms with van der Waals surface area (Å²) in [6.07, 6.45) is 0.983. The molecular weight excluding hydrogens is 347 g/mol. The van der Waals surface area contributed by atoms with Crippen LogP contribution in [-0.4, -0.2) is 25.8 Å². The third-order valence-corrected chi connectivity index (χ3v) is 6.04. The summed E-state index contributed by atoms with van der Waals surface area (Å²) in [6, 6.07) is 2.28. The molecule has 4 nitrogen and oxygen atoms in total. The fourth-order valence-corrected chi connectivity index (χ4v) is 4.76. The maximum absolute atomic E-state index is 14.0. The van der Waals surface area contributed by atoms with E-state index in [-0.39, 0.29) is 22.4 Å². The number of nitrogen functional groups attached to an aromatic ring is 1. The highest BCUT2D eigenvalue weighted by Crippen LogP contribution is 2.31. The Bertz CT molecular complexity index is 611. The molecular formula is C13H18BrFN2O2S. The average molecular weight is 365 g/mol. The Kier molecular flexibility index (Phi) is 4.41. The van der Waals surface area contributed by atoms with Crippen molar-refractivity contribution in [3.05, 3.63) is 22.4 Å². The number of benzene rings is 1. The first-order valence-electron chi connectivity index (χ1n) is 6.46. The number of nitrogens with two attached hydrogens (primary N) is 1. The van der Waals surface area contributed by atoms with Gasteiger partial charge in [0.05, 0.1) is 0 Å². The molecule has 0 amide bonds. The second kappa shape index (κ2) is 5.61. The third-order valence-electron chi connectivity index (χ3n) is 3.50. The number of nitrogens with zero attached hydrogens (tertiary/aromatic N) is 1. The molecule has 0 saturated carbocycles. The predicted molar refractivity (Wildman–Crippen MR) is 80.2 cm³/mol. The zero-order valence-corrected chi connectivity index (χ0v) is 13.8. The van der Waals surface area contributed by atoms with E-state index in [1.807, 2.05) is 13.8 Å². The molecule has 0 aromatic heterocycles. The van der Waals surface area contributed by atoms with Gasteiger partial charge in [0.1, 0.15) is 10.7 Å². The number of anilines is 1. The average Bonchev–Trinajstić information content (AvgIpc) is 2.32. The van der Waals surface area contributed by atoms with Crippen LogP contribution in [0.3, 0.4) is 0 Å².